The Labute approximate surface area is 171 Å². The number of sulfonamides is 1. The molecular weight excluding hydrogens is 390 g/mol. The molecule has 0 fully saturated rings. The van der Waals surface area contributed by atoms with E-state index in [-0.39, 0.29) is 11.8 Å². The minimum atomic E-state index is -3.39. The van der Waals surface area contributed by atoms with Gasteiger partial charge >= 0.3 is 5.97 Å². The van der Waals surface area contributed by atoms with Gasteiger partial charge in [-0.1, -0.05) is 12.1 Å². The molecule has 0 saturated heterocycles. The predicted molar refractivity (Wildman–Crippen MR) is 112 cm³/mol. The fourth-order valence-electron chi connectivity index (χ4n) is 3.65. The third-order valence-electron chi connectivity index (χ3n) is 5.27. The number of aryl methyl sites for hydroxylation is 2. The molecule has 1 heterocycles. The van der Waals surface area contributed by atoms with Crippen molar-refractivity contribution in [2.24, 2.45) is 0 Å². The summed E-state index contributed by atoms with van der Waals surface area (Å²) in [7, 11) is -3.39. The second kappa shape index (κ2) is 7.63. The standard InChI is InChI=1S/C22H25NO5S/c1-13-6-7-17(10-14(13)2)21(24)16(4)28-22(25)18-8-9-20-19(12-18)11-15(3)23(20)29(5,26)27/h6-10,12,15-16H,11H2,1-5H3. The zero-order valence-electron chi connectivity index (χ0n) is 17.2. The summed E-state index contributed by atoms with van der Waals surface area (Å²) in [5.41, 5.74) is 4.23. The SMILES string of the molecule is Cc1ccc(C(=O)C(C)OC(=O)c2ccc3c(c2)CC(C)N3S(C)(=O)=O)cc1C. The summed E-state index contributed by atoms with van der Waals surface area (Å²) < 4.78 is 30.8. The molecule has 0 bridgehead atoms. The van der Waals surface area contributed by atoms with Crippen molar-refractivity contribution in [3.63, 3.8) is 0 Å². The maximum absolute atomic E-state index is 12.6. The number of benzene rings is 2. The van der Waals surface area contributed by atoms with Crippen molar-refractivity contribution in [1.29, 1.82) is 0 Å². The van der Waals surface area contributed by atoms with Gasteiger partial charge in [0.15, 0.2) is 6.10 Å². The molecule has 2 unspecified atom stereocenters. The van der Waals surface area contributed by atoms with E-state index in [1.807, 2.05) is 26.8 Å². The van der Waals surface area contributed by atoms with Crippen LogP contribution in [0.1, 0.15) is 51.3 Å². The number of carbonyl (C=O) groups excluding carboxylic acids is 2. The van der Waals surface area contributed by atoms with Crippen LogP contribution < -0.4 is 4.31 Å². The van der Waals surface area contributed by atoms with Gasteiger partial charge in [-0.3, -0.25) is 9.10 Å². The largest absolute Gasteiger partial charge is 0.451 e. The van der Waals surface area contributed by atoms with Gasteiger partial charge in [0.25, 0.3) is 0 Å². The Balaban J connectivity index is 1.77. The molecule has 0 aliphatic carbocycles. The van der Waals surface area contributed by atoms with E-state index in [2.05, 4.69) is 0 Å². The molecule has 1 aliphatic rings. The van der Waals surface area contributed by atoms with E-state index in [0.717, 1.165) is 16.7 Å². The van der Waals surface area contributed by atoms with Gasteiger partial charge in [0.2, 0.25) is 15.8 Å². The summed E-state index contributed by atoms with van der Waals surface area (Å²) in [6.45, 7) is 7.26. The summed E-state index contributed by atoms with van der Waals surface area (Å²) >= 11 is 0. The predicted octanol–water partition coefficient (Wildman–Crippen LogP) is 3.44. The highest BCUT2D eigenvalue weighted by Crippen LogP contribution is 2.34. The summed E-state index contributed by atoms with van der Waals surface area (Å²) in [5, 5.41) is 0. The molecule has 0 spiro atoms. The molecule has 2 atom stereocenters. The Morgan fingerprint density at radius 3 is 2.34 bits per heavy atom. The van der Waals surface area contributed by atoms with Crippen molar-refractivity contribution < 1.29 is 22.7 Å². The van der Waals surface area contributed by atoms with E-state index in [4.69, 9.17) is 4.74 Å². The summed E-state index contributed by atoms with van der Waals surface area (Å²) in [4.78, 5) is 25.2. The molecule has 0 radical (unpaired) electrons. The number of hydrogen-bond acceptors (Lipinski definition) is 5. The number of ketones is 1. The molecule has 7 heteroatoms. The van der Waals surface area contributed by atoms with Crippen LogP contribution in [0.2, 0.25) is 0 Å². The van der Waals surface area contributed by atoms with Gasteiger partial charge in [-0.2, -0.15) is 0 Å². The van der Waals surface area contributed by atoms with Crippen molar-refractivity contribution in [3.8, 4) is 0 Å². The van der Waals surface area contributed by atoms with Crippen LogP contribution in [-0.2, 0) is 21.2 Å². The first-order chi connectivity index (χ1) is 13.5. The number of fused-ring (bicyclic) bond motifs is 1. The minimum absolute atomic E-state index is 0.212. The van der Waals surface area contributed by atoms with Crippen LogP contribution in [-0.4, -0.2) is 38.6 Å². The number of ether oxygens (including phenoxy) is 1. The van der Waals surface area contributed by atoms with Crippen LogP contribution in [0.4, 0.5) is 5.69 Å². The quantitative estimate of drug-likeness (QED) is 0.552. The van der Waals surface area contributed by atoms with E-state index in [0.29, 0.717) is 23.2 Å². The Hall–Kier alpha value is -2.67. The highest BCUT2D eigenvalue weighted by atomic mass is 32.2. The molecule has 0 amide bonds. The van der Waals surface area contributed by atoms with Gasteiger partial charge in [-0.25, -0.2) is 13.2 Å². The highest BCUT2D eigenvalue weighted by Gasteiger charge is 2.33. The zero-order valence-corrected chi connectivity index (χ0v) is 18.0. The number of nitrogens with zero attached hydrogens (tertiary/aromatic N) is 1. The molecule has 0 saturated carbocycles. The van der Waals surface area contributed by atoms with Gasteiger partial charge in [0.1, 0.15) is 0 Å². The maximum Gasteiger partial charge on any atom is 0.338 e. The van der Waals surface area contributed by atoms with E-state index in [1.165, 1.54) is 16.6 Å². The number of rotatable bonds is 5. The van der Waals surface area contributed by atoms with Gasteiger partial charge < -0.3 is 4.74 Å². The lowest BCUT2D eigenvalue weighted by atomic mass is 10.0. The second-order valence-corrected chi connectivity index (χ2v) is 9.53. The maximum atomic E-state index is 12.6. The number of anilines is 1. The van der Waals surface area contributed by atoms with E-state index >= 15 is 0 Å². The zero-order chi connectivity index (χ0) is 21.5. The van der Waals surface area contributed by atoms with Crippen molar-refractivity contribution in [1.82, 2.24) is 0 Å². The van der Waals surface area contributed by atoms with Crippen LogP contribution in [0.15, 0.2) is 36.4 Å². The lowest BCUT2D eigenvalue weighted by molar-refractivity contribution is 0.0318. The second-order valence-electron chi connectivity index (χ2n) is 7.67. The first-order valence-corrected chi connectivity index (χ1v) is 11.3. The van der Waals surface area contributed by atoms with Gasteiger partial charge in [-0.05, 0) is 75.1 Å². The Bertz CT molecular complexity index is 1090. The van der Waals surface area contributed by atoms with Crippen molar-refractivity contribution >= 4 is 27.5 Å². The summed E-state index contributed by atoms with van der Waals surface area (Å²) in [6.07, 6.45) is 0.755. The van der Waals surface area contributed by atoms with E-state index in [9.17, 15) is 18.0 Å². The van der Waals surface area contributed by atoms with Crippen LogP contribution in [0.5, 0.6) is 0 Å². The third-order valence-corrected chi connectivity index (χ3v) is 6.54. The first kappa shape index (κ1) is 21.0. The topological polar surface area (TPSA) is 80.8 Å². The minimum Gasteiger partial charge on any atom is -0.451 e. The Morgan fingerprint density at radius 2 is 1.72 bits per heavy atom. The lowest BCUT2D eigenvalue weighted by Crippen LogP contribution is -2.34. The van der Waals surface area contributed by atoms with Crippen molar-refractivity contribution in [2.75, 3.05) is 10.6 Å². The van der Waals surface area contributed by atoms with Crippen LogP contribution in [0.3, 0.4) is 0 Å². The van der Waals surface area contributed by atoms with Crippen molar-refractivity contribution in [3.05, 3.63) is 64.2 Å². The number of Topliss-reactive ketones (excluding diaryl/α,β-unsaturated/α-hetero) is 1. The number of hydrogen-bond donors (Lipinski definition) is 0. The first-order valence-electron chi connectivity index (χ1n) is 9.44. The Morgan fingerprint density at radius 1 is 1.07 bits per heavy atom. The fraction of sp³-hybridized carbons (Fsp3) is 0.364. The van der Waals surface area contributed by atoms with E-state index < -0.39 is 22.1 Å². The molecule has 3 rings (SSSR count). The fourth-order valence-corrected chi connectivity index (χ4v) is 4.91. The number of esters is 1. The smallest absolute Gasteiger partial charge is 0.338 e. The highest BCUT2D eigenvalue weighted by molar-refractivity contribution is 7.92. The van der Waals surface area contributed by atoms with Gasteiger partial charge in [-0.15, -0.1) is 0 Å². The molecule has 154 valence electrons. The molecule has 0 N–H and O–H groups in total. The van der Waals surface area contributed by atoms with Crippen LogP contribution in [0, 0.1) is 13.8 Å². The van der Waals surface area contributed by atoms with Crippen LogP contribution in [0.25, 0.3) is 0 Å². The van der Waals surface area contributed by atoms with Crippen LogP contribution >= 0.6 is 0 Å². The molecule has 6 nitrogen and oxygen atoms in total. The van der Waals surface area contributed by atoms with Crippen molar-refractivity contribution in [2.45, 2.75) is 46.3 Å². The molecular formula is C22H25NO5S. The normalized spacial score (nSPS) is 17.0. The van der Waals surface area contributed by atoms with Gasteiger partial charge in [0.05, 0.1) is 17.5 Å². The average molecular weight is 416 g/mol. The molecule has 1 aliphatic heterocycles. The summed E-state index contributed by atoms with van der Waals surface area (Å²) in [6, 6.07) is 9.97. The molecule has 0 aromatic heterocycles. The monoisotopic (exact) mass is 415 g/mol. The molecule has 2 aromatic rings. The van der Waals surface area contributed by atoms with Gasteiger partial charge in [0, 0.05) is 11.6 Å². The van der Waals surface area contributed by atoms with E-state index in [1.54, 1.807) is 31.2 Å². The number of carbonyl (C=O) groups is 2. The average Bonchev–Trinajstić information content (AvgIpc) is 2.98. The molecule has 2 aromatic carbocycles. The summed E-state index contributed by atoms with van der Waals surface area (Å²) in [5.74, 6) is -0.873. The molecule has 29 heavy (non-hydrogen) atoms. The Kier molecular flexibility index (Phi) is 5.54. The lowest BCUT2D eigenvalue weighted by Gasteiger charge is -2.22. The third kappa shape index (κ3) is 4.19.